The number of hydrogen-bond acceptors (Lipinski definition) is 3. The van der Waals surface area contributed by atoms with Gasteiger partial charge in [0.2, 0.25) is 0 Å². The lowest BCUT2D eigenvalue weighted by molar-refractivity contribution is 0.100. The zero-order valence-electron chi connectivity index (χ0n) is 11.1. The predicted octanol–water partition coefficient (Wildman–Crippen LogP) is 2.94. The molecule has 0 spiro atoms. The maximum absolute atomic E-state index is 13.5. The van der Waals surface area contributed by atoms with Gasteiger partial charge in [-0.25, -0.2) is 8.78 Å². The molecule has 0 saturated carbocycles. The van der Waals surface area contributed by atoms with E-state index in [9.17, 15) is 18.4 Å². The number of halogens is 2. The molecule has 4 nitrogen and oxygen atoms in total. The van der Waals surface area contributed by atoms with Crippen LogP contribution in [0.5, 0.6) is 0 Å². The fourth-order valence-electron chi connectivity index (χ4n) is 1.77. The van der Waals surface area contributed by atoms with E-state index in [1.807, 2.05) is 6.92 Å². The zero-order chi connectivity index (χ0) is 15.6. The van der Waals surface area contributed by atoms with E-state index in [2.05, 4.69) is 5.32 Å². The van der Waals surface area contributed by atoms with E-state index in [1.54, 1.807) is 6.07 Å². The fraction of sp³-hybridized carbons (Fsp3) is 0.143. The van der Waals surface area contributed by atoms with Gasteiger partial charge in [0.05, 0.1) is 5.56 Å². The maximum atomic E-state index is 13.5. The highest BCUT2D eigenvalue weighted by Crippen LogP contribution is 2.29. The summed E-state index contributed by atoms with van der Waals surface area (Å²) >= 11 is 1.14. The van der Waals surface area contributed by atoms with Crippen LogP contribution in [0.2, 0.25) is 0 Å². The third kappa shape index (κ3) is 3.08. The summed E-state index contributed by atoms with van der Waals surface area (Å²) in [5, 5.41) is 2.53. The molecular weight excluding hydrogens is 298 g/mol. The van der Waals surface area contributed by atoms with Gasteiger partial charge >= 0.3 is 0 Å². The van der Waals surface area contributed by atoms with Crippen molar-refractivity contribution in [3.8, 4) is 0 Å². The van der Waals surface area contributed by atoms with Gasteiger partial charge in [-0.1, -0.05) is 13.0 Å². The molecule has 2 amide bonds. The smallest absolute Gasteiger partial charge is 0.262 e. The van der Waals surface area contributed by atoms with Gasteiger partial charge < -0.3 is 11.1 Å². The molecule has 1 aromatic carbocycles. The van der Waals surface area contributed by atoms with E-state index in [0.29, 0.717) is 6.42 Å². The second kappa shape index (κ2) is 6.01. The van der Waals surface area contributed by atoms with Crippen LogP contribution in [0.15, 0.2) is 24.3 Å². The van der Waals surface area contributed by atoms with E-state index >= 15 is 0 Å². The molecule has 2 aromatic rings. The molecule has 0 fully saturated rings. The Morgan fingerprint density at radius 3 is 2.43 bits per heavy atom. The number of benzene rings is 1. The number of aryl methyl sites for hydroxylation is 1. The van der Waals surface area contributed by atoms with Crippen molar-refractivity contribution in [3.05, 3.63) is 51.9 Å². The number of rotatable bonds is 4. The van der Waals surface area contributed by atoms with Crippen molar-refractivity contribution in [1.29, 1.82) is 0 Å². The minimum absolute atomic E-state index is 0.127. The highest BCUT2D eigenvalue weighted by atomic mass is 32.1. The lowest BCUT2D eigenvalue weighted by atomic mass is 10.2. The summed E-state index contributed by atoms with van der Waals surface area (Å²) in [4.78, 5) is 24.2. The summed E-state index contributed by atoms with van der Waals surface area (Å²) in [6.45, 7) is 1.87. The Labute approximate surface area is 123 Å². The molecule has 0 aliphatic heterocycles. The van der Waals surface area contributed by atoms with Crippen molar-refractivity contribution in [2.75, 3.05) is 5.32 Å². The molecule has 0 atom stereocenters. The van der Waals surface area contributed by atoms with E-state index in [1.165, 1.54) is 0 Å². The molecule has 2 rings (SSSR count). The highest BCUT2D eigenvalue weighted by Gasteiger charge is 2.20. The van der Waals surface area contributed by atoms with Crippen molar-refractivity contribution in [2.45, 2.75) is 13.3 Å². The summed E-state index contributed by atoms with van der Waals surface area (Å²) in [5.74, 6) is -3.62. The van der Waals surface area contributed by atoms with Gasteiger partial charge in [-0.15, -0.1) is 11.3 Å². The average Bonchev–Trinajstić information content (AvgIpc) is 2.81. The van der Waals surface area contributed by atoms with Crippen LogP contribution in [0, 0.1) is 11.6 Å². The summed E-state index contributed by atoms with van der Waals surface area (Å²) < 4.78 is 27.1. The molecule has 1 heterocycles. The maximum Gasteiger partial charge on any atom is 0.262 e. The number of hydrogen-bond donors (Lipinski definition) is 2. The van der Waals surface area contributed by atoms with Crippen molar-refractivity contribution in [2.24, 2.45) is 5.73 Å². The molecule has 0 aliphatic carbocycles. The van der Waals surface area contributed by atoms with Crippen molar-refractivity contribution >= 4 is 28.2 Å². The van der Waals surface area contributed by atoms with E-state index in [4.69, 9.17) is 5.73 Å². The molecule has 110 valence electrons. The fourth-order valence-corrected chi connectivity index (χ4v) is 2.77. The Morgan fingerprint density at radius 1 is 1.29 bits per heavy atom. The normalized spacial score (nSPS) is 10.4. The molecule has 1 aromatic heterocycles. The average molecular weight is 310 g/mol. The Hall–Kier alpha value is -2.28. The van der Waals surface area contributed by atoms with E-state index in [-0.39, 0.29) is 10.6 Å². The second-order valence-corrected chi connectivity index (χ2v) is 5.36. The van der Waals surface area contributed by atoms with Crippen LogP contribution in [-0.2, 0) is 6.42 Å². The van der Waals surface area contributed by atoms with Crippen molar-refractivity contribution < 1.29 is 18.4 Å². The Bertz CT molecular complexity index is 693. The first-order chi connectivity index (χ1) is 9.93. The van der Waals surface area contributed by atoms with Crippen LogP contribution in [0.25, 0.3) is 0 Å². The third-order valence-electron chi connectivity index (χ3n) is 2.81. The largest absolute Gasteiger partial charge is 0.366 e. The minimum atomic E-state index is -0.972. The van der Waals surface area contributed by atoms with Gasteiger partial charge in [0.25, 0.3) is 11.8 Å². The number of anilines is 1. The molecule has 0 bridgehead atoms. The summed E-state index contributed by atoms with van der Waals surface area (Å²) in [6, 6.07) is 4.69. The lowest BCUT2D eigenvalue weighted by Gasteiger charge is -2.06. The number of carbonyl (C=O) groups excluding carboxylic acids is 2. The van der Waals surface area contributed by atoms with Gasteiger partial charge in [-0.05, 0) is 24.6 Å². The molecule has 0 unspecified atom stereocenters. The van der Waals surface area contributed by atoms with Crippen LogP contribution in [0.3, 0.4) is 0 Å². The van der Waals surface area contributed by atoms with Gasteiger partial charge in [0, 0.05) is 4.88 Å². The third-order valence-corrected chi connectivity index (χ3v) is 4.01. The van der Waals surface area contributed by atoms with Crippen LogP contribution in [0.1, 0.15) is 32.5 Å². The number of nitrogens with two attached hydrogens (primary N) is 1. The minimum Gasteiger partial charge on any atom is -0.366 e. The molecule has 21 heavy (non-hydrogen) atoms. The van der Waals surface area contributed by atoms with E-state index in [0.717, 1.165) is 34.4 Å². The molecule has 7 heteroatoms. The standard InChI is InChI=1S/C14H12F2N2O2S/c1-2-7-6-8(12(17)19)14(21-7)18-13(20)11-9(15)4-3-5-10(11)16/h3-6H,2H2,1H3,(H2,17,19)(H,18,20). The summed E-state index contributed by atoms with van der Waals surface area (Å²) in [6.07, 6.45) is 0.648. The molecule has 0 radical (unpaired) electrons. The number of amides is 2. The number of thiophene rings is 1. The molecule has 0 saturated heterocycles. The molecule has 3 N–H and O–H groups in total. The van der Waals surface area contributed by atoms with Gasteiger partial charge in [0.15, 0.2) is 0 Å². The molecule has 0 aliphatic rings. The number of carbonyl (C=O) groups is 2. The lowest BCUT2D eigenvalue weighted by Crippen LogP contribution is -2.18. The number of primary amides is 1. The van der Waals surface area contributed by atoms with Gasteiger partial charge in [0.1, 0.15) is 22.2 Å². The van der Waals surface area contributed by atoms with Crippen LogP contribution >= 0.6 is 11.3 Å². The predicted molar refractivity (Wildman–Crippen MR) is 76.5 cm³/mol. The van der Waals surface area contributed by atoms with Crippen LogP contribution < -0.4 is 11.1 Å². The monoisotopic (exact) mass is 310 g/mol. The first-order valence-corrected chi connectivity index (χ1v) is 6.93. The van der Waals surface area contributed by atoms with Crippen molar-refractivity contribution in [3.63, 3.8) is 0 Å². The first-order valence-electron chi connectivity index (χ1n) is 6.12. The zero-order valence-corrected chi connectivity index (χ0v) is 11.9. The Balaban J connectivity index is 2.36. The van der Waals surface area contributed by atoms with E-state index < -0.39 is 29.0 Å². The summed E-state index contributed by atoms with van der Waals surface area (Å²) in [7, 11) is 0. The first kappa shape index (κ1) is 15.1. The van der Waals surface area contributed by atoms with Crippen LogP contribution in [0.4, 0.5) is 13.8 Å². The van der Waals surface area contributed by atoms with Gasteiger partial charge in [-0.2, -0.15) is 0 Å². The quantitative estimate of drug-likeness (QED) is 0.911. The van der Waals surface area contributed by atoms with Crippen molar-refractivity contribution in [1.82, 2.24) is 0 Å². The Kier molecular flexibility index (Phi) is 4.32. The molecular formula is C14H12F2N2O2S. The topological polar surface area (TPSA) is 72.2 Å². The van der Waals surface area contributed by atoms with Crippen LogP contribution in [-0.4, -0.2) is 11.8 Å². The van der Waals surface area contributed by atoms with Gasteiger partial charge in [-0.3, -0.25) is 9.59 Å². The second-order valence-electron chi connectivity index (χ2n) is 4.22. The highest BCUT2D eigenvalue weighted by molar-refractivity contribution is 7.16. The number of nitrogens with one attached hydrogen (secondary N) is 1. The SMILES string of the molecule is CCc1cc(C(N)=O)c(NC(=O)c2c(F)cccc2F)s1. The summed E-state index contributed by atoms with van der Waals surface area (Å²) in [5.41, 5.74) is 4.66. The Morgan fingerprint density at radius 2 is 1.90 bits per heavy atom.